The standard InChI is InChI=1S/C14H14N4/c1-8-3-12-13(4-9(8)2)18-14(17-12)10-5-11(15)7-16-6-10/h3-7H,15H2,1-2H3,(H,17,18). The summed E-state index contributed by atoms with van der Waals surface area (Å²) in [6.45, 7) is 4.18. The molecule has 0 unspecified atom stereocenters. The average molecular weight is 238 g/mol. The zero-order valence-corrected chi connectivity index (χ0v) is 10.4. The van der Waals surface area contributed by atoms with E-state index in [1.165, 1.54) is 11.1 Å². The Morgan fingerprint density at radius 2 is 1.83 bits per heavy atom. The Labute approximate surface area is 105 Å². The topological polar surface area (TPSA) is 67.6 Å². The fourth-order valence-electron chi connectivity index (χ4n) is 1.99. The van der Waals surface area contributed by atoms with Crippen molar-refractivity contribution in [2.75, 3.05) is 5.73 Å². The molecule has 0 bridgehead atoms. The Hall–Kier alpha value is -2.36. The van der Waals surface area contributed by atoms with E-state index in [-0.39, 0.29) is 0 Å². The zero-order chi connectivity index (χ0) is 12.7. The van der Waals surface area contributed by atoms with Crippen LogP contribution in [0.3, 0.4) is 0 Å². The van der Waals surface area contributed by atoms with Crippen molar-refractivity contribution in [1.29, 1.82) is 0 Å². The minimum atomic E-state index is 0.639. The molecule has 0 amide bonds. The molecule has 2 aromatic heterocycles. The van der Waals surface area contributed by atoms with E-state index < -0.39 is 0 Å². The number of hydrogen-bond acceptors (Lipinski definition) is 3. The first-order chi connectivity index (χ1) is 8.63. The number of nitrogen functional groups attached to an aromatic ring is 1. The molecule has 0 saturated carbocycles. The SMILES string of the molecule is Cc1cc2nc(-c3cncc(N)c3)[nH]c2cc1C. The molecule has 0 fully saturated rings. The van der Waals surface area contributed by atoms with Crippen LogP contribution in [-0.2, 0) is 0 Å². The van der Waals surface area contributed by atoms with Crippen LogP contribution in [0.2, 0.25) is 0 Å². The number of anilines is 1. The van der Waals surface area contributed by atoms with E-state index >= 15 is 0 Å². The van der Waals surface area contributed by atoms with Gasteiger partial charge in [-0.25, -0.2) is 4.98 Å². The normalized spacial score (nSPS) is 11.0. The third-order valence-electron chi connectivity index (χ3n) is 3.13. The molecule has 2 heterocycles. The molecule has 0 aliphatic rings. The van der Waals surface area contributed by atoms with Gasteiger partial charge in [0.15, 0.2) is 0 Å². The van der Waals surface area contributed by atoms with E-state index in [0.717, 1.165) is 22.4 Å². The lowest BCUT2D eigenvalue weighted by Crippen LogP contribution is -1.88. The summed E-state index contributed by atoms with van der Waals surface area (Å²) in [5, 5.41) is 0. The number of hydrogen-bond donors (Lipinski definition) is 2. The van der Waals surface area contributed by atoms with Crippen LogP contribution < -0.4 is 5.73 Å². The first-order valence-electron chi connectivity index (χ1n) is 5.81. The maximum atomic E-state index is 5.73. The van der Waals surface area contributed by atoms with Crippen molar-refractivity contribution in [3.05, 3.63) is 41.7 Å². The summed E-state index contributed by atoms with van der Waals surface area (Å²) >= 11 is 0. The van der Waals surface area contributed by atoms with Gasteiger partial charge in [-0.2, -0.15) is 0 Å². The molecule has 3 rings (SSSR count). The van der Waals surface area contributed by atoms with Gasteiger partial charge in [-0.1, -0.05) is 0 Å². The largest absolute Gasteiger partial charge is 0.397 e. The van der Waals surface area contributed by atoms with Crippen LogP contribution in [0.5, 0.6) is 0 Å². The summed E-state index contributed by atoms with van der Waals surface area (Å²) in [5.41, 5.74) is 11.8. The van der Waals surface area contributed by atoms with Crippen LogP contribution >= 0.6 is 0 Å². The number of H-pyrrole nitrogens is 1. The van der Waals surface area contributed by atoms with E-state index in [2.05, 4.69) is 40.9 Å². The smallest absolute Gasteiger partial charge is 0.140 e. The first-order valence-corrected chi connectivity index (χ1v) is 5.81. The number of aromatic amines is 1. The number of nitrogens with zero attached hydrogens (tertiary/aromatic N) is 2. The van der Waals surface area contributed by atoms with Crippen molar-refractivity contribution in [3.8, 4) is 11.4 Å². The van der Waals surface area contributed by atoms with Crippen molar-refractivity contribution in [2.24, 2.45) is 0 Å². The van der Waals surface area contributed by atoms with E-state index in [4.69, 9.17) is 5.73 Å². The molecule has 0 saturated heterocycles. The van der Waals surface area contributed by atoms with Gasteiger partial charge in [0.1, 0.15) is 5.82 Å². The summed E-state index contributed by atoms with van der Waals surface area (Å²) in [5.74, 6) is 0.801. The van der Waals surface area contributed by atoms with Crippen molar-refractivity contribution >= 4 is 16.7 Å². The predicted molar refractivity (Wildman–Crippen MR) is 73.2 cm³/mol. The molecular weight excluding hydrogens is 224 g/mol. The van der Waals surface area contributed by atoms with Crippen LogP contribution in [0.4, 0.5) is 5.69 Å². The fourth-order valence-corrected chi connectivity index (χ4v) is 1.99. The van der Waals surface area contributed by atoms with Crippen LogP contribution in [0, 0.1) is 13.8 Å². The molecule has 3 aromatic rings. The molecule has 0 atom stereocenters. The average Bonchev–Trinajstić information content (AvgIpc) is 2.73. The second-order valence-electron chi connectivity index (χ2n) is 4.55. The number of aryl methyl sites for hydroxylation is 2. The van der Waals surface area contributed by atoms with Crippen LogP contribution in [-0.4, -0.2) is 15.0 Å². The number of aromatic nitrogens is 3. The Balaban J connectivity index is 2.19. The van der Waals surface area contributed by atoms with Crippen molar-refractivity contribution in [1.82, 2.24) is 15.0 Å². The van der Waals surface area contributed by atoms with E-state index in [1.54, 1.807) is 12.4 Å². The molecule has 3 N–H and O–H groups in total. The highest BCUT2D eigenvalue weighted by molar-refractivity contribution is 5.81. The summed E-state index contributed by atoms with van der Waals surface area (Å²) in [6.07, 6.45) is 3.38. The number of fused-ring (bicyclic) bond motifs is 1. The monoisotopic (exact) mass is 238 g/mol. The van der Waals surface area contributed by atoms with Crippen molar-refractivity contribution in [3.63, 3.8) is 0 Å². The van der Waals surface area contributed by atoms with Gasteiger partial charge in [-0.15, -0.1) is 0 Å². The second kappa shape index (κ2) is 3.84. The van der Waals surface area contributed by atoms with Gasteiger partial charge in [0.05, 0.1) is 16.7 Å². The molecule has 0 radical (unpaired) electrons. The number of imidazole rings is 1. The van der Waals surface area contributed by atoms with Crippen molar-refractivity contribution in [2.45, 2.75) is 13.8 Å². The fraction of sp³-hybridized carbons (Fsp3) is 0.143. The highest BCUT2D eigenvalue weighted by Gasteiger charge is 2.07. The number of rotatable bonds is 1. The minimum absolute atomic E-state index is 0.639. The molecule has 90 valence electrons. The summed E-state index contributed by atoms with van der Waals surface area (Å²) in [7, 11) is 0. The van der Waals surface area contributed by atoms with Gasteiger partial charge in [0.2, 0.25) is 0 Å². The number of pyridine rings is 1. The van der Waals surface area contributed by atoms with E-state index in [9.17, 15) is 0 Å². The maximum absolute atomic E-state index is 5.73. The molecule has 0 aliphatic heterocycles. The molecule has 18 heavy (non-hydrogen) atoms. The Kier molecular flexibility index (Phi) is 2.30. The molecule has 0 aliphatic carbocycles. The van der Waals surface area contributed by atoms with Gasteiger partial charge in [0, 0.05) is 18.0 Å². The van der Waals surface area contributed by atoms with Crippen LogP contribution in [0.25, 0.3) is 22.4 Å². The lowest BCUT2D eigenvalue weighted by molar-refractivity contribution is 1.28. The zero-order valence-electron chi connectivity index (χ0n) is 10.4. The quantitative estimate of drug-likeness (QED) is 0.685. The molecular formula is C14H14N4. The van der Waals surface area contributed by atoms with Crippen LogP contribution in [0.1, 0.15) is 11.1 Å². The first kappa shape index (κ1) is 10.8. The Bertz CT molecular complexity index is 689. The molecule has 4 nitrogen and oxygen atoms in total. The predicted octanol–water partition coefficient (Wildman–Crippen LogP) is 2.82. The van der Waals surface area contributed by atoms with Gasteiger partial charge in [0.25, 0.3) is 0 Å². The highest BCUT2D eigenvalue weighted by Crippen LogP contribution is 2.23. The summed E-state index contributed by atoms with van der Waals surface area (Å²) < 4.78 is 0. The number of benzene rings is 1. The number of nitrogens with one attached hydrogen (secondary N) is 1. The highest BCUT2D eigenvalue weighted by atomic mass is 14.9. The summed E-state index contributed by atoms with van der Waals surface area (Å²) in [4.78, 5) is 12.0. The summed E-state index contributed by atoms with van der Waals surface area (Å²) in [6, 6.07) is 6.07. The van der Waals surface area contributed by atoms with Crippen LogP contribution in [0.15, 0.2) is 30.6 Å². The van der Waals surface area contributed by atoms with Gasteiger partial charge in [-0.3, -0.25) is 4.98 Å². The molecule has 1 aromatic carbocycles. The third kappa shape index (κ3) is 1.72. The lowest BCUT2D eigenvalue weighted by atomic mass is 10.1. The van der Waals surface area contributed by atoms with Gasteiger partial charge in [-0.05, 0) is 43.2 Å². The Morgan fingerprint density at radius 3 is 2.61 bits per heavy atom. The maximum Gasteiger partial charge on any atom is 0.140 e. The van der Waals surface area contributed by atoms with E-state index in [1.807, 2.05) is 6.07 Å². The van der Waals surface area contributed by atoms with Gasteiger partial charge < -0.3 is 10.7 Å². The third-order valence-corrected chi connectivity index (χ3v) is 3.13. The molecule has 4 heteroatoms. The van der Waals surface area contributed by atoms with Gasteiger partial charge >= 0.3 is 0 Å². The second-order valence-corrected chi connectivity index (χ2v) is 4.55. The Morgan fingerprint density at radius 1 is 1.06 bits per heavy atom. The van der Waals surface area contributed by atoms with E-state index in [0.29, 0.717) is 5.69 Å². The van der Waals surface area contributed by atoms with Crippen molar-refractivity contribution < 1.29 is 0 Å². The lowest BCUT2D eigenvalue weighted by Gasteiger charge is -1.97. The number of nitrogens with two attached hydrogens (primary N) is 1. The molecule has 0 spiro atoms. The minimum Gasteiger partial charge on any atom is -0.397 e.